The summed E-state index contributed by atoms with van der Waals surface area (Å²) in [6, 6.07) is 15.2. The summed E-state index contributed by atoms with van der Waals surface area (Å²) in [5, 5.41) is 4.12. The Balaban J connectivity index is 2.20. The van der Waals surface area contributed by atoms with Crippen LogP contribution in [0.2, 0.25) is 5.02 Å². The van der Waals surface area contributed by atoms with Gasteiger partial charge >= 0.3 is 0 Å². The summed E-state index contributed by atoms with van der Waals surface area (Å²) in [6.45, 7) is 0. The highest BCUT2D eigenvalue weighted by Gasteiger charge is 2.17. The molecule has 1 amide bonds. The van der Waals surface area contributed by atoms with Crippen molar-refractivity contribution < 1.29 is 4.79 Å². The molecule has 0 saturated heterocycles. The van der Waals surface area contributed by atoms with E-state index in [1.165, 1.54) is 0 Å². The maximum Gasteiger partial charge on any atom is 0.253 e. The normalized spacial score (nSPS) is 12.0. The van der Waals surface area contributed by atoms with Gasteiger partial charge in [0.2, 0.25) is 0 Å². The molecule has 0 heterocycles. The van der Waals surface area contributed by atoms with Gasteiger partial charge in [-0.3, -0.25) is 4.79 Å². The number of thioether (sulfide) groups is 1. The van der Waals surface area contributed by atoms with Crippen molar-refractivity contribution in [3.8, 4) is 0 Å². The van der Waals surface area contributed by atoms with Gasteiger partial charge in [-0.05, 0) is 30.0 Å². The zero-order valence-electron chi connectivity index (χ0n) is 11.5. The van der Waals surface area contributed by atoms with Crippen molar-refractivity contribution in [2.45, 2.75) is 10.9 Å². The number of rotatable bonds is 5. The molecule has 0 aliphatic heterocycles. The standard InChI is InChI=1S/C16H15BrClNOS/c1-21-12-7-8-14(18)13(9-12)16(20)19-15(10-17)11-5-3-2-4-6-11/h2-9,15H,10H2,1H3,(H,19,20). The van der Waals surface area contributed by atoms with E-state index in [4.69, 9.17) is 11.6 Å². The van der Waals surface area contributed by atoms with E-state index in [2.05, 4.69) is 21.2 Å². The van der Waals surface area contributed by atoms with E-state index in [-0.39, 0.29) is 11.9 Å². The fraction of sp³-hybridized carbons (Fsp3) is 0.188. The van der Waals surface area contributed by atoms with Crippen LogP contribution in [0.15, 0.2) is 53.4 Å². The Hall–Kier alpha value is -0.970. The molecule has 5 heteroatoms. The zero-order valence-corrected chi connectivity index (χ0v) is 14.6. The lowest BCUT2D eigenvalue weighted by Gasteiger charge is -2.17. The molecule has 2 nitrogen and oxygen atoms in total. The molecular formula is C16H15BrClNOS. The van der Waals surface area contributed by atoms with Gasteiger partial charge < -0.3 is 5.32 Å². The highest BCUT2D eigenvalue weighted by atomic mass is 79.9. The number of carbonyl (C=O) groups is 1. The Morgan fingerprint density at radius 1 is 1.29 bits per heavy atom. The molecule has 0 bridgehead atoms. The average molecular weight is 385 g/mol. The van der Waals surface area contributed by atoms with Crippen LogP contribution in [0.1, 0.15) is 22.0 Å². The van der Waals surface area contributed by atoms with E-state index in [0.717, 1.165) is 10.5 Å². The highest BCUT2D eigenvalue weighted by molar-refractivity contribution is 9.09. The third kappa shape index (κ3) is 4.25. The third-order valence-corrected chi connectivity index (χ3v) is 4.78. The number of amides is 1. The quantitative estimate of drug-likeness (QED) is 0.585. The lowest BCUT2D eigenvalue weighted by atomic mass is 10.1. The predicted octanol–water partition coefficient (Wildman–Crippen LogP) is 4.93. The first-order valence-corrected chi connectivity index (χ1v) is 9.13. The molecule has 2 aromatic carbocycles. The maximum absolute atomic E-state index is 12.5. The number of hydrogen-bond donors (Lipinski definition) is 1. The van der Waals surface area contributed by atoms with Crippen molar-refractivity contribution in [1.29, 1.82) is 0 Å². The molecule has 0 fully saturated rings. The molecule has 0 aliphatic carbocycles. The van der Waals surface area contributed by atoms with E-state index >= 15 is 0 Å². The average Bonchev–Trinajstić information content (AvgIpc) is 2.53. The van der Waals surface area contributed by atoms with Crippen LogP contribution < -0.4 is 5.32 Å². The number of hydrogen-bond acceptors (Lipinski definition) is 2. The van der Waals surface area contributed by atoms with Crippen LogP contribution in [0.25, 0.3) is 0 Å². The van der Waals surface area contributed by atoms with Gasteiger partial charge in [-0.2, -0.15) is 0 Å². The lowest BCUT2D eigenvalue weighted by molar-refractivity contribution is 0.0940. The summed E-state index contributed by atoms with van der Waals surface area (Å²) in [5.74, 6) is -0.163. The molecule has 1 N–H and O–H groups in total. The number of benzene rings is 2. The Morgan fingerprint density at radius 3 is 2.62 bits per heavy atom. The van der Waals surface area contributed by atoms with Gasteiger partial charge in [0.1, 0.15) is 0 Å². The van der Waals surface area contributed by atoms with Gasteiger partial charge in [-0.25, -0.2) is 0 Å². The molecular weight excluding hydrogens is 370 g/mol. The summed E-state index contributed by atoms with van der Waals surface area (Å²) in [5.41, 5.74) is 1.56. The first-order chi connectivity index (χ1) is 10.2. The number of nitrogens with one attached hydrogen (secondary N) is 1. The van der Waals surface area contributed by atoms with E-state index in [0.29, 0.717) is 15.9 Å². The van der Waals surface area contributed by atoms with Crippen LogP contribution in [0, 0.1) is 0 Å². The molecule has 110 valence electrons. The molecule has 0 aliphatic rings. The van der Waals surface area contributed by atoms with Crippen molar-refractivity contribution in [1.82, 2.24) is 5.32 Å². The van der Waals surface area contributed by atoms with E-state index < -0.39 is 0 Å². The Bertz CT molecular complexity index is 621. The summed E-state index contributed by atoms with van der Waals surface area (Å²) >= 11 is 11.2. The summed E-state index contributed by atoms with van der Waals surface area (Å²) in [4.78, 5) is 13.5. The molecule has 21 heavy (non-hydrogen) atoms. The SMILES string of the molecule is CSc1ccc(Cl)c(C(=O)NC(CBr)c2ccccc2)c1. The smallest absolute Gasteiger partial charge is 0.253 e. The second-order valence-electron chi connectivity index (χ2n) is 4.44. The van der Waals surface area contributed by atoms with Crippen molar-refractivity contribution in [2.75, 3.05) is 11.6 Å². The monoisotopic (exact) mass is 383 g/mol. The topological polar surface area (TPSA) is 29.1 Å². The Kier molecular flexibility index (Phi) is 6.15. The van der Waals surface area contributed by atoms with E-state index in [1.54, 1.807) is 17.8 Å². The third-order valence-electron chi connectivity index (χ3n) is 3.08. The molecule has 0 radical (unpaired) electrons. The molecule has 2 aromatic rings. The van der Waals surface area contributed by atoms with Crippen molar-refractivity contribution >= 4 is 45.2 Å². The van der Waals surface area contributed by atoms with Crippen LogP contribution in [0.5, 0.6) is 0 Å². The lowest BCUT2D eigenvalue weighted by Crippen LogP contribution is -2.29. The number of carbonyl (C=O) groups excluding carboxylic acids is 1. The fourth-order valence-corrected chi connectivity index (χ4v) is 3.12. The minimum Gasteiger partial charge on any atom is -0.344 e. The van der Waals surface area contributed by atoms with Crippen LogP contribution in [0.3, 0.4) is 0 Å². The minimum absolute atomic E-state index is 0.0901. The predicted molar refractivity (Wildman–Crippen MR) is 93.7 cm³/mol. The number of alkyl halides is 1. The van der Waals surface area contributed by atoms with Gasteiger partial charge in [-0.15, -0.1) is 11.8 Å². The van der Waals surface area contributed by atoms with E-state index in [9.17, 15) is 4.79 Å². The Morgan fingerprint density at radius 2 is 2.00 bits per heavy atom. The second kappa shape index (κ2) is 7.87. The van der Waals surface area contributed by atoms with E-state index in [1.807, 2.05) is 48.7 Å². The summed E-state index contributed by atoms with van der Waals surface area (Å²) in [6.07, 6.45) is 1.97. The van der Waals surface area contributed by atoms with Crippen LogP contribution in [-0.2, 0) is 0 Å². The van der Waals surface area contributed by atoms with Crippen LogP contribution in [-0.4, -0.2) is 17.5 Å². The molecule has 0 saturated carbocycles. The minimum atomic E-state index is -0.163. The summed E-state index contributed by atoms with van der Waals surface area (Å²) in [7, 11) is 0. The van der Waals surface area contributed by atoms with Gasteiger partial charge in [0.15, 0.2) is 0 Å². The second-order valence-corrected chi connectivity index (χ2v) is 6.37. The van der Waals surface area contributed by atoms with Crippen molar-refractivity contribution in [3.05, 3.63) is 64.7 Å². The van der Waals surface area contributed by atoms with Crippen LogP contribution in [0.4, 0.5) is 0 Å². The van der Waals surface area contributed by atoms with Gasteiger partial charge in [0.05, 0.1) is 16.6 Å². The first-order valence-electron chi connectivity index (χ1n) is 6.41. The largest absolute Gasteiger partial charge is 0.344 e. The van der Waals surface area contributed by atoms with Gasteiger partial charge in [0, 0.05) is 10.2 Å². The van der Waals surface area contributed by atoms with Crippen molar-refractivity contribution in [3.63, 3.8) is 0 Å². The summed E-state index contributed by atoms with van der Waals surface area (Å²) < 4.78 is 0. The Labute approximate surface area is 142 Å². The van der Waals surface area contributed by atoms with Gasteiger partial charge in [-0.1, -0.05) is 57.9 Å². The molecule has 0 spiro atoms. The fourth-order valence-electron chi connectivity index (χ4n) is 1.94. The molecule has 0 aromatic heterocycles. The number of halogens is 2. The molecule has 1 unspecified atom stereocenters. The van der Waals surface area contributed by atoms with Crippen molar-refractivity contribution in [2.24, 2.45) is 0 Å². The zero-order chi connectivity index (χ0) is 15.2. The van der Waals surface area contributed by atoms with Crippen LogP contribution >= 0.6 is 39.3 Å². The molecule has 2 rings (SSSR count). The molecule has 1 atom stereocenters. The van der Waals surface area contributed by atoms with Gasteiger partial charge in [0.25, 0.3) is 5.91 Å². The first kappa shape index (κ1) is 16.4. The highest BCUT2D eigenvalue weighted by Crippen LogP contribution is 2.24. The maximum atomic E-state index is 12.5.